The molecule has 2 N–H and O–H groups in total. The van der Waals surface area contributed by atoms with Gasteiger partial charge in [-0.05, 0) is 36.8 Å². The summed E-state index contributed by atoms with van der Waals surface area (Å²) in [5.74, 6) is -0.220. The van der Waals surface area contributed by atoms with E-state index in [9.17, 15) is 14.0 Å². The number of halogens is 1. The van der Waals surface area contributed by atoms with Gasteiger partial charge in [-0.3, -0.25) is 14.6 Å². The number of H-pyrrole nitrogens is 1. The van der Waals surface area contributed by atoms with Crippen LogP contribution in [-0.2, 0) is 6.42 Å². The fraction of sp³-hybridized carbons (Fsp3) is 0.111. The van der Waals surface area contributed by atoms with Crippen molar-refractivity contribution in [2.45, 2.75) is 13.3 Å². The molecule has 0 fully saturated rings. The summed E-state index contributed by atoms with van der Waals surface area (Å²) in [7, 11) is 0. The highest BCUT2D eigenvalue weighted by atomic mass is 19.1. The molecular weight excluding hydrogens is 323 g/mol. The monoisotopic (exact) mass is 338 g/mol. The van der Waals surface area contributed by atoms with Crippen LogP contribution in [0.4, 0.5) is 16.0 Å². The van der Waals surface area contributed by atoms with Crippen molar-refractivity contribution < 1.29 is 9.18 Å². The topological polar surface area (TPSA) is 87.7 Å². The SMILES string of the molecule is CC(=O)c1cccc(Nc2nnc(Cc3ccc(F)cc3)c(=O)[nH]2)c1. The van der Waals surface area contributed by atoms with E-state index in [1.807, 2.05) is 0 Å². The molecular formula is C18H15FN4O2. The molecule has 0 saturated carbocycles. The first-order valence-electron chi connectivity index (χ1n) is 7.59. The lowest BCUT2D eigenvalue weighted by Crippen LogP contribution is -2.18. The molecule has 0 aliphatic carbocycles. The molecule has 1 aromatic heterocycles. The van der Waals surface area contributed by atoms with E-state index >= 15 is 0 Å². The van der Waals surface area contributed by atoms with E-state index in [1.54, 1.807) is 36.4 Å². The van der Waals surface area contributed by atoms with Crippen LogP contribution >= 0.6 is 0 Å². The summed E-state index contributed by atoms with van der Waals surface area (Å²) in [6, 6.07) is 12.7. The Bertz CT molecular complexity index is 967. The van der Waals surface area contributed by atoms with Gasteiger partial charge in [0.15, 0.2) is 5.78 Å². The van der Waals surface area contributed by atoms with Crippen molar-refractivity contribution in [2.24, 2.45) is 0 Å². The maximum absolute atomic E-state index is 12.9. The van der Waals surface area contributed by atoms with Gasteiger partial charge in [-0.25, -0.2) is 4.39 Å². The molecule has 1 heterocycles. The van der Waals surface area contributed by atoms with Gasteiger partial charge in [0, 0.05) is 17.7 Å². The molecule has 0 unspecified atom stereocenters. The Kier molecular flexibility index (Phi) is 4.65. The van der Waals surface area contributed by atoms with Gasteiger partial charge in [0.2, 0.25) is 5.95 Å². The van der Waals surface area contributed by atoms with Crippen LogP contribution in [0.3, 0.4) is 0 Å². The predicted molar refractivity (Wildman–Crippen MR) is 91.6 cm³/mol. The van der Waals surface area contributed by atoms with Gasteiger partial charge >= 0.3 is 0 Å². The number of nitrogens with zero attached hydrogens (tertiary/aromatic N) is 2. The number of carbonyl (C=O) groups is 1. The van der Waals surface area contributed by atoms with Crippen LogP contribution in [0, 0.1) is 5.82 Å². The van der Waals surface area contributed by atoms with E-state index in [0.29, 0.717) is 11.3 Å². The first kappa shape index (κ1) is 16.5. The van der Waals surface area contributed by atoms with Crippen molar-refractivity contribution in [3.8, 4) is 0 Å². The van der Waals surface area contributed by atoms with Crippen LogP contribution in [0.15, 0.2) is 53.3 Å². The Morgan fingerprint density at radius 1 is 1.16 bits per heavy atom. The number of aromatic amines is 1. The molecule has 6 nitrogen and oxygen atoms in total. The molecule has 0 amide bonds. The molecule has 126 valence electrons. The Labute approximate surface area is 142 Å². The lowest BCUT2D eigenvalue weighted by molar-refractivity contribution is 0.101. The van der Waals surface area contributed by atoms with Crippen molar-refractivity contribution in [2.75, 3.05) is 5.32 Å². The average molecular weight is 338 g/mol. The van der Waals surface area contributed by atoms with Crippen LogP contribution in [0.25, 0.3) is 0 Å². The number of Topliss-reactive ketones (excluding diaryl/α,β-unsaturated/α-hetero) is 1. The maximum Gasteiger partial charge on any atom is 0.274 e. The molecule has 0 saturated heterocycles. The standard InChI is InChI=1S/C18H15FN4O2/c1-11(24)13-3-2-4-15(10-13)20-18-21-17(25)16(22-23-18)9-12-5-7-14(19)8-6-12/h2-8,10H,9H2,1H3,(H2,20,21,23,25). The molecule has 3 aromatic rings. The molecule has 0 spiro atoms. The highest BCUT2D eigenvalue weighted by molar-refractivity contribution is 5.95. The number of nitrogens with one attached hydrogen (secondary N) is 2. The second-order valence-corrected chi connectivity index (χ2v) is 5.51. The van der Waals surface area contributed by atoms with Gasteiger partial charge in [-0.1, -0.05) is 24.3 Å². The Balaban J connectivity index is 1.78. The zero-order chi connectivity index (χ0) is 17.8. The molecule has 0 aliphatic rings. The summed E-state index contributed by atoms with van der Waals surface area (Å²) < 4.78 is 12.9. The summed E-state index contributed by atoms with van der Waals surface area (Å²) >= 11 is 0. The lowest BCUT2D eigenvalue weighted by Gasteiger charge is -2.06. The van der Waals surface area contributed by atoms with Gasteiger partial charge in [0.1, 0.15) is 11.5 Å². The number of hydrogen-bond acceptors (Lipinski definition) is 5. The molecule has 25 heavy (non-hydrogen) atoms. The summed E-state index contributed by atoms with van der Waals surface area (Å²) in [5.41, 5.74) is 1.77. The van der Waals surface area contributed by atoms with E-state index in [-0.39, 0.29) is 35.2 Å². The van der Waals surface area contributed by atoms with Gasteiger partial charge in [0.25, 0.3) is 5.56 Å². The van der Waals surface area contributed by atoms with Crippen LogP contribution in [0.5, 0.6) is 0 Å². The van der Waals surface area contributed by atoms with Gasteiger partial charge < -0.3 is 5.32 Å². The minimum atomic E-state index is -0.385. The zero-order valence-electron chi connectivity index (χ0n) is 13.4. The number of aromatic nitrogens is 3. The minimum absolute atomic E-state index is 0.0575. The molecule has 0 bridgehead atoms. The number of carbonyl (C=O) groups excluding carboxylic acids is 1. The summed E-state index contributed by atoms with van der Waals surface area (Å²) in [5, 5.41) is 10.8. The second kappa shape index (κ2) is 7.04. The average Bonchev–Trinajstić information content (AvgIpc) is 2.59. The van der Waals surface area contributed by atoms with Crippen molar-refractivity contribution in [3.63, 3.8) is 0 Å². The Morgan fingerprint density at radius 3 is 2.60 bits per heavy atom. The molecule has 0 atom stereocenters. The second-order valence-electron chi connectivity index (χ2n) is 5.51. The van der Waals surface area contributed by atoms with Crippen LogP contribution in [0.2, 0.25) is 0 Å². The summed E-state index contributed by atoms with van der Waals surface area (Å²) in [6.45, 7) is 1.48. The van der Waals surface area contributed by atoms with E-state index in [0.717, 1.165) is 5.56 Å². The number of benzene rings is 2. The number of anilines is 2. The molecule has 2 aromatic carbocycles. The zero-order valence-corrected chi connectivity index (χ0v) is 13.4. The van der Waals surface area contributed by atoms with E-state index in [4.69, 9.17) is 0 Å². The van der Waals surface area contributed by atoms with E-state index < -0.39 is 0 Å². The maximum atomic E-state index is 12.9. The van der Waals surface area contributed by atoms with Crippen LogP contribution < -0.4 is 10.9 Å². The summed E-state index contributed by atoms with van der Waals surface area (Å²) in [6.07, 6.45) is 0.253. The molecule has 3 rings (SSSR count). The van der Waals surface area contributed by atoms with Crippen molar-refractivity contribution in [1.82, 2.24) is 15.2 Å². The predicted octanol–water partition coefficient (Wildman–Crippen LogP) is 2.84. The number of rotatable bonds is 5. The van der Waals surface area contributed by atoms with Gasteiger partial charge in [-0.15, -0.1) is 10.2 Å². The van der Waals surface area contributed by atoms with Gasteiger partial charge in [-0.2, -0.15) is 0 Å². The highest BCUT2D eigenvalue weighted by Crippen LogP contribution is 2.14. The van der Waals surface area contributed by atoms with Crippen molar-refractivity contribution in [1.29, 1.82) is 0 Å². The fourth-order valence-corrected chi connectivity index (χ4v) is 2.28. The van der Waals surface area contributed by atoms with Gasteiger partial charge in [0.05, 0.1) is 0 Å². The number of ketones is 1. The third-order valence-corrected chi connectivity index (χ3v) is 3.58. The first-order chi connectivity index (χ1) is 12.0. The Hall–Kier alpha value is -3.35. The van der Waals surface area contributed by atoms with E-state index in [2.05, 4.69) is 20.5 Å². The highest BCUT2D eigenvalue weighted by Gasteiger charge is 2.07. The molecule has 7 heteroatoms. The summed E-state index contributed by atoms with van der Waals surface area (Å²) in [4.78, 5) is 26.2. The normalized spacial score (nSPS) is 10.5. The van der Waals surface area contributed by atoms with Crippen LogP contribution in [-0.4, -0.2) is 21.0 Å². The van der Waals surface area contributed by atoms with Crippen molar-refractivity contribution >= 4 is 17.4 Å². The number of hydrogen-bond donors (Lipinski definition) is 2. The third kappa shape index (κ3) is 4.14. The van der Waals surface area contributed by atoms with Crippen molar-refractivity contribution in [3.05, 3.63) is 81.5 Å². The van der Waals surface area contributed by atoms with E-state index in [1.165, 1.54) is 19.1 Å². The fourth-order valence-electron chi connectivity index (χ4n) is 2.28. The largest absolute Gasteiger partial charge is 0.324 e. The lowest BCUT2D eigenvalue weighted by atomic mass is 10.1. The third-order valence-electron chi connectivity index (χ3n) is 3.58. The smallest absolute Gasteiger partial charge is 0.274 e. The van der Waals surface area contributed by atoms with Crippen LogP contribution in [0.1, 0.15) is 28.5 Å². The minimum Gasteiger partial charge on any atom is -0.324 e. The molecule has 0 radical (unpaired) electrons. The first-order valence-corrected chi connectivity index (χ1v) is 7.59. The Morgan fingerprint density at radius 2 is 1.92 bits per heavy atom. The molecule has 0 aliphatic heterocycles. The quantitative estimate of drug-likeness (QED) is 0.699.